The maximum atomic E-state index is 13.8. The van der Waals surface area contributed by atoms with Crippen LogP contribution in [0, 0.1) is 0 Å². The van der Waals surface area contributed by atoms with Gasteiger partial charge in [-0.25, -0.2) is 0 Å². The van der Waals surface area contributed by atoms with Crippen LogP contribution in [0.4, 0.5) is 0 Å². The summed E-state index contributed by atoms with van der Waals surface area (Å²) in [6.07, 6.45) is 0.238. The quantitative estimate of drug-likeness (QED) is 0.286. The molecule has 0 unspecified atom stereocenters. The Balaban J connectivity index is 1.98. The molecule has 9 nitrogen and oxygen atoms in total. The Morgan fingerprint density at radius 2 is 1.65 bits per heavy atom. The SMILES string of the molecule is CC(C)(S)[C@H]1NC(=O)[C@@H](Cc2ccccc2)NC(=O)[C@H](CS)N(C(=O)[C@@H](N)Cc2ccc(O)cc2)C1=O. The summed E-state index contributed by atoms with van der Waals surface area (Å²) in [6.45, 7) is 3.26. The van der Waals surface area contributed by atoms with Gasteiger partial charge < -0.3 is 21.5 Å². The number of phenols is 1. The first-order chi connectivity index (χ1) is 17.4. The highest BCUT2D eigenvalue weighted by molar-refractivity contribution is 7.81. The number of nitrogens with two attached hydrogens (primary N) is 1. The molecule has 0 aliphatic carbocycles. The van der Waals surface area contributed by atoms with E-state index in [4.69, 9.17) is 5.73 Å². The van der Waals surface area contributed by atoms with Crippen molar-refractivity contribution >= 4 is 48.9 Å². The molecular weight excluding hydrogens is 512 g/mol. The fourth-order valence-corrected chi connectivity index (χ4v) is 4.60. The Morgan fingerprint density at radius 1 is 1.03 bits per heavy atom. The molecule has 0 bridgehead atoms. The lowest BCUT2D eigenvalue weighted by Gasteiger charge is -2.36. The number of rotatable bonds is 7. The fraction of sp³-hybridized carbons (Fsp3) is 0.385. The van der Waals surface area contributed by atoms with Gasteiger partial charge in [0.15, 0.2) is 0 Å². The van der Waals surface area contributed by atoms with Crippen LogP contribution in [0.1, 0.15) is 25.0 Å². The molecule has 0 saturated carbocycles. The van der Waals surface area contributed by atoms with Gasteiger partial charge in [0.05, 0.1) is 6.04 Å². The zero-order chi connectivity index (χ0) is 27.3. The highest BCUT2D eigenvalue weighted by Crippen LogP contribution is 2.23. The number of hydrogen-bond donors (Lipinski definition) is 6. The topological polar surface area (TPSA) is 142 Å². The summed E-state index contributed by atoms with van der Waals surface area (Å²) in [5.74, 6) is -2.97. The molecule has 198 valence electrons. The van der Waals surface area contributed by atoms with Crippen molar-refractivity contribution in [3.63, 3.8) is 0 Å². The number of nitrogens with zero attached hydrogens (tertiary/aromatic N) is 1. The van der Waals surface area contributed by atoms with Gasteiger partial charge in [-0.1, -0.05) is 42.5 Å². The number of aromatic hydroxyl groups is 1. The summed E-state index contributed by atoms with van der Waals surface area (Å²) >= 11 is 8.79. The van der Waals surface area contributed by atoms with Gasteiger partial charge in [-0.15, -0.1) is 0 Å². The van der Waals surface area contributed by atoms with Gasteiger partial charge in [0.25, 0.3) is 5.91 Å². The average molecular weight is 545 g/mol. The van der Waals surface area contributed by atoms with Crippen LogP contribution >= 0.6 is 25.3 Å². The van der Waals surface area contributed by atoms with E-state index in [1.807, 2.05) is 30.3 Å². The van der Waals surface area contributed by atoms with Gasteiger partial charge in [0, 0.05) is 16.9 Å². The van der Waals surface area contributed by atoms with Crippen molar-refractivity contribution < 1.29 is 24.3 Å². The number of carbonyl (C=O) groups excluding carboxylic acids is 4. The largest absolute Gasteiger partial charge is 0.508 e. The summed E-state index contributed by atoms with van der Waals surface area (Å²) in [5, 5.41) is 14.9. The van der Waals surface area contributed by atoms with E-state index in [0.717, 1.165) is 10.5 Å². The molecule has 1 aliphatic rings. The molecule has 11 heteroatoms. The average Bonchev–Trinajstić information content (AvgIpc) is 2.88. The van der Waals surface area contributed by atoms with Crippen molar-refractivity contribution in [3.05, 3.63) is 65.7 Å². The molecule has 37 heavy (non-hydrogen) atoms. The van der Waals surface area contributed by atoms with Crippen molar-refractivity contribution in [2.45, 2.75) is 55.6 Å². The molecule has 1 fully saturated rings. The molecule has 1 aliphatic heterocycles. The molecule has 0 aromatic heterocycles. The first kappa shape index (κ1) is 28.5. The number of benzene rings is 2. The van der Waals surface area contributed by atoms with Crippen LogP contribution in [-0.2, 0) is 32.0 Å². The summed E-state index contributed by atoms with van der Waals surface area (Å²) in [6, 6.07) is 10.6. The summed E-state index contributed by atoms with van der Waals surface area (Å²) < 4.78 is -1.09. The number of thiol groups is 2. The van der Waals surface area contributed by atoms with Crippen molar-refractivity contribution in [1.29, 1.82) is 0 Å². The predicted molar refractivity (Wildman–Crippen MR) is 146 cm³/mol. The standard InChI is InChI=1S/C26H32N4O5S2/c1-26(2,37)21-25(35)30(24(34)18(27)12-16-8-10-17(31)11-9-16)20(14-36)23(33)28-19(22(32)29-21)13-15-6-4-3-5-7-15/h3-11,18-21,31,36-37H,12-14,27H2,1-2H3,(H,28,33)(H,29,32)/t18-,19+,20-,21-/m0/s1. The molecule has 4 atom stereocenters. The number of carbonyl (C=O) groups is 4. The van der Waals surface area contributed by atoms with Crippen LogP contribution < -0.4 is 16.4 Å². The normalized spacial score (nSPS) is 21.8. The van der Waals surface area contributed by atoms with Crippen molar-refractivity contribution in [2.75, 3.05) is 5.75 Å². The second-order valence-electron chi connectivity index (χ2n) is 9.57. The predicted octanol–water partition coefficient (Wildman–Crippen LogP) is 0.850. The van der Waals surface area contributed by atoms with Gasteiger partial charge >= 0.3 is 0 Å². The Morgan fingerprint density at radius 3 is 2.22 bits per heavy atom. The minimum absolute atomic E-state index is 0.0573. The van der Waals surface area contributed by atoms with Crippen molar-refractivity contribution in [2.24, 2.45) is 5.73 Å². The van der Waals surface area contributed by atoms with Crippen LogP contribution in [-0.4, -0.2) is 68.3 Å². The molecule has 5 N–H and O–H groups in total. The van der Waals surface area contributed by atoms with Gasteiger partial charge in [0.1, 0.15) is 23.9 Å². The molecule has 0 radical (unpaired) electrons. The van der Waals surface area contributed by atoms with Gasteiger partial charge in [0.2, 0.25) is 17.7 Å². The van der Waals surface area contributed by atoms with Crippen molar-refractivity contribution in [1.82, 2.24) is 15.5 Å². The highest BCUT2D eigenvalue weighted by atomic mass is 32.1. The van der Waals surface area contributed by atoms with Crippen LogP contribution in [0.25, 0.3) is 0 Å². The number of phenolic OH excluding ortho intramolecular Hbond substituents is 1. The second-order valence-corrected chi connectivity index (χ2v) is 11.1. The summed E-state index contributed by atoms with van der Waals surface area (Å²) in [4.78, 5) is 54.8. The zero-order valence-corrected chi connectivity index (χ0v) is 22.4. The van der Waals surface area contributed by atoms with E-state index in [2.05, 4.69) is 35.9 Å². The molecule has 1 heterocycles. The second kappa shape index (κ2) is 12.0. The minimum atomic E-state index is -1.31. The molecule has 2 aromatic carbocycles. The first-order valence-electron chi connectivity index (χ1n) is 11.8. The van der Waals surface area contributed by atoms with Gasteiger partial charge in [-0.3, -0.25) is 24.1 Å². The maximum Gasteiger partial charge on any atom is 0.253 e. The van der Waals surface area contributed by atoms with Crippen LogP contribution in [0.3, 0.4) is 0 Å². The summed E-state index contributed by atoms with van der Waals surface area (Å²) in [7, 11) is 0. The molecule has 1 saturated heterocycles. The molecule has 2 aromatic rings. The lowest BCUT2D eigenvalue weighted by molar-refractivity contribution is -0.153. The van der Waals surface area contributed by atoms with E-state index in [9.17, 15) is 24.3 Å². The third-order valence-electron chi connectivity index (χ3n) is 6.13. The Kier molecular flexibility index (Phi) is 9.27. The Bertz CT molecular complexity index is 1140. The molecule has 3 rings (SSSR count). The van der Waals surface area contributed by atoms with Crippen molar-refractivity contribution in [3.8, 4) is 5.75 Å². The smallest absolute Gasteiger partial charge is 0.253 e. The van der Waals surface area contributed by atoms with E-state index < -0.39 is 52.5 Å². The zero-order valence-electron chi connectivity index (χ0n) is 20.6. The molecule has 0 spiro atoms. The number of amides is 4. The monoisotopic (exact) mass is 544 g/mol. The third kappa shape index (κ3) is 7.06. The number of nitrogens with one attached hydrogen (secondary N) is 2. The Hall–Kier alpha value is -3.02. The number of imide groups is 1. The highest BCUT2D eigenvalue weighted by Gasteiger charge is 2.46. The van der Waals surface area contributed by atoms with E-state index in [-0.39, 0.29) is 24.3 Å². The molecular formula is C26H32N4O5S2. The van der Waals surface area contributed by atoms with E-state index in [0.29, 0.717) is 5.56 Å². The Labute approximate surface area is 227 Å². The van der Waals surface area contributed by atoms with Crippen LogP contribution in [0.5, 0.6) is 5.75 Å². The lowest BCUT2D eigenvalue weighted by atomic mass is 9.98. The maximum absolute atomic E-state index is 13.8. The van der Waals surface area contributed by atoms with E-state index in [1.54, 1.807) is 26.0 Å². The minimum Gasteiger partial charge on any atom is -0.508 e. The van der Waals surface area contributed by atoms with Crippen LogP contribution in [0.2, 0.25) is 0 Å². The number of hydrogen-bond acceptors (Lipinski definition) is 8. The van der Waals surface area contributed by atoms with Gasteiger partial charge in [-0.05, 0) is 43.5 Å². The first-order valence-corrected chi connectivity index (χ1v) is 12.9. The van der Waals surface area contributed by atoms with Gasteiger partial charge in [-0.2, -0.15) is 25.3 Å². The lowest BCUT2D eigenvalue weighted by Crippen LogP contribution is -2.63. The fourth-order valence-electron chi connectivity index (χ4n) is 4.10. The third-order valence-corrected chi connectivity index (χ3v) is 6.73. The summed E-state index contributed by atoms with van der Waals surface area (Å²) in [5.41, 5.74) is 7.68. The van der Waals surface area contributed by atoms with Crippen LogP contribution in [0.15, 0.2) is 54.6 Å². The molecule has 4 amide bonds. The van der Waals surface area contributed by atoms with E-state index >= 15 is 0 Å². The van der Waals surface area contributed by atoms with E-state index in [1.165, 1.54) is 12.1 Å².